The molecule has 3 fully saturated rings. The third kappa shape index (κ3) is 6.19. The van der Waals surface area contributed by atoms with E-state index in [2.05, 4.69) is 4.90 Å². The van der Waals surface area contributed by atoms with E-state index in [-0.39, 0.29) is 17.6 Å². The maximum atomic E-state index is 12.5. The second-order valence-corrected chi connectivity index (χ2v) is 10.9. The lowest BCUT2D eigenvalue weighted by Crippen LogP contribution is -2.51. The molecule has 0 aliphatic carbocycles. The summed E-state index contributed by atoms with van der Waals surface area (Å²) in [6.07, 6.45) is 4.95. The Kier molecular flexibility index (Phi) is 7.17. The number of nitrogens with zero attached hydrogens (tertiary/aromatic N) is 3. The zero-order valence-electron chi connectivity index (χ0n) is 20.4. The van der Waals surface area contributed by atoms with E-state index in [4.69, 9.17) is 9.47 Å². The molecule has 1 spiro atoms. The lowest BCUT2D eigenvalue weighted by atomic mass is 9.77. The summed E-state index contributed by atoms with van der Waals surface area (Å²) in [5, 5.41) is 0. The SMILES string of the molecule is CC(C)(C)OC(=O)N1CCC2(CCN(C3CCN(C(=O)OCc4ccccc4)CC3)CC2)C1. The van der Waals surface area contributed by atoms with Crippen LogP contribution in [0.3, 0.4) is 0 Å². The van der Waals surface area contributed by atoms with Gasteiger partial charge in [-0.05, 0) is 76.9 Å². The quantitative estimate of drug-likeness (QED) is 0.668. The highest BCUT2D eigenvalue weighted by Gasteiger charge is 2.44. The van der Waals surface area contributed by atoms with Crippen molar-refractivity contribution in [1.82, 2.24) is 14.7 Å². The Balaban J connectivity index is 1.18. The standard InChI is InChI=1S/C26H39N3O4/c1-25(2,3)33-24(31)29-18-13-26(20-29)11-16-27(17-12-26)22-9-14-28(15-10-22)23(30)32-19-21-7-5-4-6-8-21/h4-8,22H,9-20H2,1-3H3. The number of likely N-dealkylation sites (tertiary alicyclic amines) is 3. The first kappa shape index (κ1) is 23.9. The smallest absolute Gasteiger partial charge is 0.410 e. The Morgan fingerprint density at radius 3 is 2.18 bits per heavy atom. The molecule has 33 heavy (non-hydrogen) atoms. The molecule has 3 heterocycles. The first-order valence-electron chi connectivity index (χ1n) is 12.4. The fraction of sp³-hybridized carbons (Fsp3) is 0.692. The topological polar surface area (TPSA) is 62.3 Å². The molecule has 0 atom stereocenters. The minimum atomic E-state index is -0.445. The van der Waals surface area contributed by atoms with E-state index in [1.165, 1.54) is 0 Å². The van der Waals surface area contributed by atoms with E-state index in [0.717, 1.165) is 76.9 Å². The molecule has 0 aromatic heterocycles. The average molecular weight is 458 g/mol. The Morgan fingerprint density at radius 1 is 0.909 bits per heavy atom. The number of ether oxygens (including phenoxy) is 2. The van der Waals surface area contributed by atoms with Gasteiger partial charge in [-0.25, -0.2) is 9.59 Å². The number of carbonyl (C=O) groups is 2. The second-order valence-electron chi connectivity index (χ2n) is 10.9. The fourth-order valence-corrected chi connectivity index (χ4v) is 5.41. The van der Waals surface area contributed by atoms with Crippen LogP contribution in [0.15, 0.2) is 30.3 Å². The van der Waals surface area contributed by atoms with E-state index < -0.39 is 5.60 Å². The molecule has 0 bridgehead atoms. The number of carbonyl (C=O) groups excluding carboxylic acids is 2. The molecule has 7 nitrogen and oxygen atoms in total. The van der Waals surface area contributed by atoms with E-state index in [0.29, 0.717) is 12.6 Å². The van der Waals surface area contributed by atoms with Gasteiger partial charge in [0.25, 0.3) is 0 Å². The van der Waals surface area contributed by atoms with Crippen molar-refractivity contribution in [1.29, 1.82) is 0 Å². The van der Waals surface area contributed by atoms with E-state index in [9.17, 15) is 9.59 Å². The molecule has 1 aromatic rings. The van der Waals surface area contributed by atoms with Crippen LogP contribution in [0, 0.1) is 5.41 Å². The summed E-state index contributed by atoms with van der Waals surface area (Å²) in [6.45, 7) is 11.4. The van der Waals surface area contributed by atoms with Gasteiger partial charge in [-0.3, -0.25) is 0 Å². The van der Waals surface area contributed by atoms with Crippen molar-refractivity contribution in [2.45, 2.75) is 71.1 Å². The summed E-state index contributed by atoms with van der Waals surface area (Å²) < 4.78 is 11.1. The van der Waals surface area contributed by atoms with E-state index in [1.807, 2.05) is 60.9 Å². The van der Waals surface area contributed by atoms with Crippen molar-refractivity contribution in [3.05, 3.63) is 35.9 Å². The molecule has 3 aliphatic rings. The first-order valence-corrected chi connectivity index (χ1v) is 12.4. The highest BCUT2D eigenvalue weighted by atomic mass is 16.6. The lowest BCUT2D eigenvalue weighted by molar-refractivity contribution is 0.0197. The van der Waals surface area contributed by atoms with Crippen LogP contribution in [0.4, 0.5) is 9.59 Å². The highest BCUT2D eigenvalue weighted by Crippen LogP contribution is 2.41. The van der Waals surface area contributed by atoms with Gasteiger partial charge in [-0.2, -0.15) is 0 Å². The summed E-state index contributed by atoms with van der Waals surface area (Å²) in [7, 11) is 0. The van der Waals surface area contributed by atoms with Crippen LogP contribution in [0.2, 0.25) is 0 Å². The number of rotatable bonds is 3. The third-order valence-corrected chi connectivity index (χ3v) is 7.39. The maximum absolute atomic E-state index is 12.5. The van der Waals surface area contributed by atoms with E-state index >= 15 is 0 Å². The van der Waals surface area contributed by atoms with Gasteiger partial charge in [0.15, 0.2) is 0 Å². The molecule has 182 valence electrons. The molecule has 0 N–H and O–H groups in total. The zero-order valence-corrected chi connectivity index (χ0v) is 20.4. The normalized spacial score (nSPS) is 21.9. The number of benzene rings is 1. The summed E-state index contributed by atoms with van der Waals surface area (Å²) in [5.41, 5.74) is 0.814. The molecular formula is C26H39N3O4. The van der Waals surface area contributed by atoms with Crippen LogP contribution in [0.25, 0.3) is 0 Å². The lowest BCUT2D eigenvalue weighted by Gasteiger charge is -2.44. The van der Waals surface area contributed by atoms with Gasteiger partial charge in [-0.15, -0.1) is 0 Å². The van der Waals surface area contributed by atoms with Gasteiger partial charge in [-0.1, -0.05) is 30.3 Å². The van der Waals surface area contributed by atoms with Gasteiger partial charge < -0.3 is 24.2 Å². The Labute approximate surface area is 198 Å². The average Bonchev–Trinajstić information content (AvgIpc) is 3.21. The molecule has 3 saturated heterocycles. The Morgan fingerprint density at radius 2 is 1.55 bits per heavy atom. The molecule has 2 amide bonds. The highest BCUT2D eigenvalue weighted by molar-refractivity contribution is 5.68. The molecule has 4 rings (SSSR count). The largest absolute Gasteiger partial charge is 0.445 e. The van der Waals surface area contributed by atoms with Crippen molar-refractivity contribution in [2.24, 2.45) is 5.41 Å². The fourth-order valence-electron chi connectivity index (χ4n) is 5.41. The Hall–Kier alpha value is -2.28. The van der Waals surface area contributed by atoms with Gasteiger partial charge in [0.2, 0.25) is 0 Å². The number of hydrogen-bond acceptors (Lipinski definition) is 5. The van der Waals surface area contributed by atoms with Crippen LogP contribution >= 0.6 is 0 Å². The summed E-state index contributed by atoms with van der Waals surface area (Å²) in [4.78, 5) is 31.3. The van der Waals surface area contributed by atoms with Gasteiger partial charge >= 0.3 is 12.2 Å². The second kappa shape index (κ2) is 9.92. The van der Waals surface area contributed by atoms with Gasteiger partial charge in [0.1, 0.15) is 12.2 Å². The van der Waals surface area contributed by atoms with Gasteiger partial charge in [0.05, 0.1) is 0 Å². The minimum absolute atomic E-state index is 0.173. The minimum Gasteiger partial charge on any atom is -0.445 e. The summed E-state index contributed by atoms with van der Waals surface area (Å²) in [5.74, 6) is 0. The monoisotopic (exact) mass is 457 g/mol. The molecule has 0 saturated carbocycles. The third-order valence-electron chi connectivity index (χ3n) is 7.39. The van der Waals surface area contributed by atoms with Crippen LogP contribution in [0.1, 0.15) is 58.4 Å². The van der Waals surface area contributed by atoms with Crippen molar-refractivity contribution in [2.75, 3.05) is 39.3 Å². The predicted octanol–water partition coefficient (Wildman–Crippen LogP) is 4.51. The van der Waals surface area contributed by atoms with Crippen LogP contribution < -0.4 is 0 Å². The molecule has 0 unspecified atom stereocenters. The molecule has 7 heteroatoms. The zero-order chi connectivity index (χ0) is 23.5. The van der Waals surface area contributed by atoms with Crippen LogP contribution in [-0.4, -0.2) is 77.8 Å². The van der Waals surface area contributed by atoms with Crippen molar-refractivity contribution in [3.8, 4) is 0 Å². The summed E-state index contributed by atoms with van der Waals surface area (Å²) >= 11 is 0. The van der Waals surface area contributed by atoms with Crippen molar-refractivity contribution < 1.29 is 19.1 Å². The van der Waals surface area contributed by atoms with Gasteiger partial charge in [0, 0.05) is 32.2 Å². The molecule has 1 aromatic carbocycles. The van der Waals surface area contributed by atoms with E-state index in [1.54, 1.807) is 0 Å². The van der Waals surface area contributed by atoms with Crippen molar-refractivity contribution >= 4 is 12.2 Å². The van der Waals surface area contributed by atoms with Crippen LogP contribution in [0.5, 0.6) is 0 Å². The summed E-state index contributed by atoms with van der Waals surface area (Å²) in [6, 6.07) is 10.3. The number of piperidine rings is 2. The molecule has 3 aliphatic heterocycles. The molecular weight excluding hydrogens is 418 g/mol. The number of amides is 2. The number of hydrogen-bond donors (Lipinski definition) is 0. The maximum Gasteiger partial charge on any atom is 0.410 e. The Bertz CT molecular complexity index is 807. The predicted molar refractivity (Wildman–Crippen MR) is 127 cm³/mol. The van der Waals surface area contributed by atoms with Crippen LogP contribution in [-0.2, 0) is 16.1 Å². The first-order chi connectivity index (χ1) is 15.7. The molecule has 0 radical (unpaired) electrons. The van der Waals surface area contributed by atoms with Crippen molar-refractivity contribution in [3.63, 3.8) is 0 Å².